The molecule has 0 unspecified atom stereocenters. The molecule has 0 saturated carbocycles. The largest absolute Gasteiger partial charge is 0.288 e. The van der Waals surface area contributed by atoms with Gasteiger partial charge in [0.1, 0.15) is 11.4 Å². The van der Waals surface area contributed by atoms with E-state index in [1.807, 2.05) is 6.07 Å². The Labute approximate surface area is 90.8 Å². The van der Waals surface area contributed by atoms with Gasteiger partial charge in [0.25, 0.3) is 5.82 Å². The third kappa shape index (κ3) is 1.46. The van der Waals surface area contributed by atoms with Crippen molar-refractivity contribution < 1.29 is 4.57 Å². The van der Waals surface area contributed by atoms with Gasteiger partial charge in [0.05, 0.1) is 19.7 Å². The molecular formula is C13H17N2+. The van der Waals surface area contributed by atoms with Gasteiger partial charge >= 0.3 is 0 Å². The average Bonchev–Trinajstić information content (AvgIpc) is 2.45. The van der Waals surface area contributed by atoms with Crippen molar-refractivity contribution in [2.24, 2.45) is 14.1 Å². The molecule has 2 heteroatoms. The molecule has 1 aromatic carbocycles. The first-order valence-electron chi connectivity index (χ1n) is 5.20. The minimum Gasteiger partial charge on any atom is -0.230 e. The van der Waals surface area contributed by atoms with Crippen LogP contribution in [-0.4, -0.2) is 4.57 Å². The summed E-state index contributed by atoms with van der Waals surface area (Å²) in [4.78, 5) is 0. The van der Waals surface area contributed by atoms with E-state index in [2.05, 4.69) is 61.3 Å². The lowest BCUT2D eigenvalue weighted by molar-refractivity contribution is -0.665. The molecule has 1 heterocycles. The van der Waals surface area contributed by atoms with E-state index in [1.54, 1.807) is 0 Å². The number of aromatic nitrogens is 2. The Balaban J connectivity index is 2.69. The molecule has 0 spiro atoms. The molecule has 2 nitrogen and oxygen atoms in total. The number of hydrogen-bond acceptors (Lipinski definition) is 0. The third-order valence-corrected chi connectivity index (χ3v) is 3.20. The standard InChI is InChI=1S/C13H17N2/c1-10-11(2)15(4)13(14(10)3)12-8-6-5-7-9-12/h5-9H,1-4H3/q+1. The third-order valence-electron chi connectivity index (χ3n) is 3.20. The van der Waals surface area contributed by atoms with Gasteiger partial charge in [-0.1, -0.05) is 18.2 Å². The maximum absolute atomic E-state index is 2.24. The summed E-state index contributed by atoms with van der Waals surface area (Å²) in [6.45, 7) is 4.31. The Bertz CT molecular complexity index is 455. The van der Waals surface area contributed by atoms with Crippen LogP contribution in [0.2, 0.25) is 0 Å². The van der Waals surface area contributed by atoms with E-state index in [-0.39, 0.29) is 0 Å². The van der Waals surface area contributed by atoms with Crippen LogP contribution in [0.15, 0.2) is 30.3 Å². The first-order chi connectivity index (χ1) is 7.13. The van der Waals surface area contributed by atoms with Gasteiger partial charge in [-0.2, -0.15) is 0 Å². The summed E-state index contributed by atoms with van der Waals surface area (Å²) in [6, 6.07) is 10.5. The minimum absolute atomic E-state index is 1.26. The van der Waals surface area contributed by atoms with Crippen LogP contribution in [0.1, 0.15) is 11.4 Å². The predicted octanol–water partition coefficient (Wildman–Crippen LogP) is 2.13. The van der Waals surface area contributed by atoms with Crippen LogP contribution < -0.4 is 4.57 Å². The highest BCUT2D eigenvalue weighted by atomic mass is 15.1. The molecule has 0 fully saturated rings. The lowest BCUT2D eigenvalue weighted by Gasteiger charge is -1.98. The molecule has 1 aromatic heterocycles. The molecule has 78 valence electrons. The summed E-state index contributed by atoms with van der Waals surface area (Å²) < 4.78 is 4.48. The van der Waals surface area contributed by atoms with Crippen molar-refractivity contribution in [3.8, 4) is 11.4 Å². The monoisotopic (exact) mass is 201 g/mol. The van der Waals surface area contributed by atoms with Gasteiger partial charge in [-0.05, 0) is 12.1 Å². The molecule has 0 aliphatic heterocycles. The van der Waals surface area contributed by atoms with Gasteiger partial charge in [0.2, 0.25) is 0 Å². The first kappa shape index (κ1) is 9.97. The summed E-state index contributed by atoms with van der Waals surface area (Å²) in [5.41, 5.74) is 3.89. The van der Waals surface area contributed by atoms with Crippen LogP contribution in [0.4, 0.5) is 0 Å². The van der Waals surface area contributed by atoms with Gasteiger partial charge in [-0.25, -0.2) is 9.13 Å². The predicted molar refractivity (Wildman–Crippen MR) is 61.5 cm³/mol. The molecule has 0 saturated heterocycles. The lowest BCUT2D eigenvalue weighted by atomic mass is 10.2. The van der Waals surface area contributed by atoms with Gasteiger partial charge in [0, 0.05) is 13.8 Å². The number of nitrogens with zero attached hydrogens (tertiary/aromatic N) is 2. The van der Waals surface area contributed by atoms with Gasteiger partial charge in [-0.15, -0.1) is 0 Å². The van der Waals surface area contributed by atoms with E-state index in [4.69, 9.17) is 0 Å². The Morgan fingerprint density at radius 2 is 1.67 bits per heavy atom. The van der Waals surface area contributed by atoms with Crippen LogP contribution in [0.5, 0.6) is 0 Å². The molecule has 0 radical (unpaired) electrons. The quantitative estimate of drug-likeness (QED) is 0.625. The van der Waals surface area contributed by atoms with Crippen LogP contribution in [0.3, 0.4) is 0 Å². The number of hydrogen-bond donors (Lipinski definition) is 0. The highest BCUT2D eigenvalue weighted by Crippen LogP contribution is 2.17. The van der Waals surface area contributed by atoms with Crippen LogP contribution in [0.25, 0.3) is 11.4 Å². The van der Waals surface area contributed by atoms with E-state index in [1.165, 1.54) is 22.8 Å². The molecule has 0 aliphatic carbocycles. The van der Waals surface area contributed by atoms with E-state index >= 15 is 0 Å². The molecule has 0 amide bonds. The van der Waals surface area contributed by atoms with Crippen molar-refractivity contribution in [3.05, 3.63) is 41.7 Å². The first-order valence-corrected chi connectivity index (χ1v) is 5.20. The highest BCUT2D eigenvalue weighted by molar-refractivity contribution is 5.53. The van der Waals surface area contributed by atoms with Crippen LogP contribution >= 0.6 is 0 Å². The summed E-state index contributed by atoms with van der Waals surface area (Å²) >= 11 is 0. The van der Waals surface area contributed by atoms with E-state index in [0.717, 1.165) is 0 Å². The zero-order valence-corrected chi connectivity index (χ0v) is 9.78. The molecule has 0 aliphatic rings. The fraction of sp³-hybridized carbons (Fsp3) is 0.308. The van der Waals surface area contributed by atoms with Crippen molar-refractivity contribution >= 4 is 0 Å². The fourth-order valence-corrected chi connectivity index (χ4v) is 2.00. The average molecular weight is 201 g/mol. The second kappa shape index (κ2) is 3.54. The van der Waals surface area contributed by atoms with Crippen molar-refractivity contribution in [3.63, 3.8) is 0 Å². The minimum atomic E-state index is 1.26. The number of benzene rings is 1. The number of rotatable bonds is 1. The van der Waals surface area contributed by atoms with Crippen molar-refractivity contribution in [1.82, 2.24) is 4.57 Å². The fourth-order valence-electron chi connectivity index (χ4n) is 2.00. The smallest absolute Gasteiger partial charge is 0.230 e. The molecule has 0 bridgehead atoms. The molecule has 0 atom stereocenters. The lowest BCUT2D eigenvalue weighted by Crippen LogP contribution is -2.32. The summed E-state index contributed by atoms with van der Waals surface area (Å²) in [5.74, 6) is 1.26. The highest BCUT2D eigenvalue weighted by Gasteiger charge is 2.21. The van der Waals surface area contributed by atoms with Gasteiger partial charge < -0.3 is 0 Å². The molecule has 2 rings (SSSR count). The van der Waals surface area contributed by atoms with Crippen LogP contribution in [-0.2, 0) is 14.1 Å². The van der Waals surface area contributed by atoms with E-state index in [0.29, 0.717) is 0 Å². The molecule has 0 N–H and O–H groups in total. The maximum atomic E-state index is 2.24. The van der Waals surface area contributed by atoms with Crippen molar-refractivity contribution in [2.75, 3.05) is 0 Å². The van der Waals surface area contributed by atoms with Gasteiger partial charge in [0.15, 0.2) is 0 Å². The Morgan fingerprint density at radius 1 is 1.07 bits per heavy atom. The van der Waals surface area contributed by atoms with Gasteiger partial charge in [-0.3, -0.25) is 0 Å². The Morgan fingerprint density at radius 3 is 2.13 bits per heavy atom. The van der Waals surface area contributed by atoms with E-state index < -0.39 is 0 Å². The van der Waals surface area contributed by atoms with Crippen molar-refractivity contribution in [2.45, 2.75) is 13.8 Å². The molecule has 15 heavy (non-hydrogen) atoms. The zero-order valence-electron chi connectivity index (χ0n) is 9.78. The second-order valence-corrected chi connectivity index (χ2v) is 3.98. The Kier molecular flexibility index (Phi) is 2.35. The SMILES string of the molecule is Cc1c(C)[n+](C)c(-c2ccccc2)n1C. The summed E-state index contributed by atoms with van der Waals surface area (Å²) in [6.07, 6.45) is 0. The second-order valence-electron chi connectivity index (χ2n) is 3.98. The normalized spacial score (nSPS) is 10.7. The van der Waals surface area contributed by atoms with Crippen molar-refractivity contribution in [1.29, 1.82) is 0 Å². The van der Waals surface area contributed by atoms with E-state index in [9.17, 15) is 0 Å². The topological polar surface area (TPSA) is 8.81 Å². The van der Waals surface area contributed by atoms with Crippen LogP contribution in [0, 0.1) is 13.8 Å². The summed E-state index contributed by atoms with van der Waals surface area (Å²) in [7, 11) is 4.23. The summed E-state index contributed by atoms with van der Waals surface area (Å²) in [5, 5.41) is 0. The molecule has 2 aromatic rings. The Hall–Kier alpha value is -1.57. The maximum Gasteiger partial charge on any atom is 0.288 e. The molecular weight excluding hydrogens is 184 g/mol. The number of imidazole rings is 1. The zero-order chi connectivity index (χ0) is 11.0.